The predicted molar refractivity (Wildman–Crippen MR) is 247 cm³/mol. The molecule has 5 N–H and O–H groups in total. The first-order valence-corrected chi connectivity index (χ1v) is 23.2. The number of alkyl carbamates (subject to hydrolysis) is 2. The van der Waals surface area contributed by atoms with Gasteiger partial charge in [-0.15, -0.1) is 0 Å². The Balaban J connectivity index is 0.963. The van der Waals surface area contributed by atoms with E-state index < -0.39 is 41.8 Å². The fourth-order valence-electron chi connectivity index (χ4n) is 10.4. The molecule has 2 saturated heterocycles. The maximum atomic E-state index is 17.4. The number of aromatic nitrogens is 4. The lowest BCUT2D eigenvalue weighted by atomic mass is 9.92. The monoisotopic (exact) mass is 918 g/mol. The van der Waals surface area contributed by atoms with E-state index in [0.29, 0.717) is 48.1 Å². The Morgan fingerprint density at radius 2 is 1.40 bits per heavy atom. The van der Waals surface area contributed by atoms with E-state index in [1.165, 1.54) is 14.2 Å². The van der Waals surface area contributed by atoms with E-state index in [0.717, 1.165) is 64.5 Å². The number of methoxy groups -OCH3 is 2. The van der Waals surface area contributed by atoms with Crippen molar-refractivity contribution >= 4 is 35.0 Å². The van der Waals surface area contributed by atoms with Crippen LogP contribution < -0.4 is 16.0 Å². The Bertz CT molecular complexity index is 2700. The van der Waals surface area contributed by atoms with Crippen molar-refractivity contribution in [3.8, 4) is 33.5 Å². The van der Waals surface area contributed by atoms with Gasteiger partial charge in [0.25, 0.3) is 0 Å². The first-order chi connectivity index (χ1) is 32.1. The lowest BCUT2D eigenvalue weighted by molar-refractivity contribution is -0.153. The van der Waals surface area contributed by atoms with Gasteiger partial charge in [-0.2, -0.15) is 0 Å². The van der Waals surface area contributed by atoms with Gasteiger partial charge in [0.05, 0.1) is 69.0 Å². The second kappa shape index (κ2) is 18.1. The van der Waals surface area contributed by atoms with Crippen molar-refractivity contribution in [1.82, 2.24) is 40.8 Å². The van der Waals surface area contributed by atoms with Gasteiger partial charge < -0.3 is 49.8 Å². The molecule has 5 atom stereocenters. The number of nitrogens with zero attached hydrogens (tertiary/aromatic N) is 3. The van der Waals surface area contributed by atoms with E-state index in [-0.39, 0.29) is 42.2 Å². The number of hydrogen-bond donors (Lipinski definition) is 5. The van der Waals surface area contributed by atoms with E-state index in [9.17, 15) is 19.2 Å². The first kappa shape index (κ1) is 45.8. The zero-order valence-electron chi connectivity index (χ0n) is 39.0. The van der Waals surface area contributed by atoms with Crippen LogP contribution in [0.3, 0.4) is 0 Å². The van der Waals surface area contributed by atoms with Gasteiger partial charge in [0.2, 0.25) is 11.8 Å². The number of fused-ring (bicyclic) bond motifs is 4. The summed E-state index contributed by atoms with van der Waals surface area (Å²) in [6, 6.07) is 15.0. The highest BCUT2D eigenvalue weighted by Gasteiger charge is 2.53. The number of benzene rings is 3. The number of halogens is 1. The topological polar surface area (TPSA) is 202 Å². The summed E-state index contributed by atoms with van der Waals surface area (Å²) >= 11 is 0. The Hall–Kier alpha value is -6.33. The van der Waals surface area contributed by atoms with E-state index in [2.05, 4.69) is 25.9 Å². The number of imidazole rings is 2. The highest BCUT2D eigenvalue weighted by Crippen LogP contribution is 2.52. The number of amides is 4. The van der Waals surface area contributed by atoms with Gasteiger partial charge in [0, 0.05) is 17.5 Å². The van der Waals surface area contributed by atoms with E-state index in [1.807, 2.05) is 82.3 Å². The molecule has 2 aromatic heterocycles. The largest absolute Gasteiger partial charge is 0.453 e. The SMILES string of the molecule is COC(=O)N[C@H](C(=O)N[C@H](c1nc2ccc(-c3ccc4c(c3)C(C)(F)c3cc(-c5cnc(C6CC7(CN6C(=O)[C@@H](NC(=O)OC)C(C)C)OCCO7)[nH]5)ccc3-4)cc2[nH]1)C1CCCC1)C(C)C. The number of rotatable bonds is 12. The summed E-state index contributed by atoms with van der Waals surface area (Å²) in [6.07, 6.45) is 4.67. The van der Waals surface area contributed by atoms with Crippen molar-refractivity contribution in [3.05, 3.63) is 83.6 Å². The van der Waals surface area contributed by atoms with Crippen LogP contribution in [0.15, 0.2) is 60.8 Å². The van der Waals surface area contributed by atoms with Crippen molar-refractivity contribution in [2.45, 2.75) is 102 Å². The van der Waals surface area contributed by atoms with Gasteiger partial charge in [-0.3, -0.25) is 9.59 Å². The Morgan fingerprint density at radius 3 is 2.04 bits per heavy atom. The molecule has 4 aliphatic rings. The highest BCUT2D eigenvalue weighted by molar-refractivity contribution is 5.89. The maximum absolute atomic E-state index is 17.4. The number of H-pyrrole nitrogens is 2. The van der Waals surface area contributed by atoms with Crippen molar-refractivity contribution in [1.29, 1.82) is 0 Å². The number of nitrogens with one attached hydrogen (secondary N) is 5. The molecular formula is C50H59FN8O8. The molecule has 4 amide bonds. The molecule has 1 saturated carbocycles. The van der Waals surface area contributed by atoms with Gasteiger partial charge in [-0.05, 0) is 89.6 Å². The van der Waals surface area contributed by atoms with Crippen molar-refractivity contribution in [3.63, 3.8) is 0 Å². The number of carbonyl (C=O) groups excluding carboxylic acids is 4. The molecule has 67 heavy (non-hydrogen) atoms. The fraction of sp³-hybridized carbons (Fsp3) is 0.480. The molecule has 5 aromatic rings. The molecule has 17 heteroatoms. The van der Waals surface area contributed by atoms with E-state index >= 15 is 4.39 Å². The van der Waals surface area contributed by atoms with Gasteiger partial charge >= 0.3 is 12.2 Å². The molecule has 3 fully saturated rings. The number of carbonyl (C=O) groups is 4. The zero-order valence-corrected chi connectivity index (χ0v) is 39.0. The normalized spacial score (nSPS) is 21.1. The molecule has 354 valence electrons. The van der Waals surface area contributed by atoms with Crippen molar-refractivity contribution in [2.24, 2.45) is 17.8 Å². The average Bonchev–Trinajstić information content (AvgIpc) is 4.20. The summed E-state index contributed by atoms with van der Waals surface area (Å²) < 4.78 is 39.1. The second-order valence-electron chi connectivity index (χ2n) is 19.1. The predicted octanol–water partition coefficient (Wildman–Crippen LogP) is 7.96. The lowest BCUT2D eigenvalue weighted by Crippen LogP contribution is -2.52. The van der Waals surface area contributed by atoms with Crippen LogP contribution in [-0.2, 0) is 34.2 Å². The van der Waals surface area contributed by atoms with Crippen LogP contribution in [0.5, 0.6) is 0 Å². The second-order valence-corrected chi connectivity index (χ2v) is 19.1. The van der Waals surface area contributed by atoms with E-state index in [1.54, 1.807) is 18.0 Å². The average molecular weight is 919 g/mol. The van der Waals surface area contributed by atoms with Crippen LogP contribution in [0.25, 0.3) is 44.5 Å². The Labute approximate surface area is 388 Å². The van der Waals surface area contributed by atoms with Crippen LogP contribution in [0.4, 0.5) is 14.0 Å². The molecule has 2 aliphatic carbocycles. The third-order valence-electron chi connectivity index (χ3n) is 14.0. The summed E-state index contributed by atoms with van der Waals surface area (Å²) in [6.45, 7) is 9.99. The molecule has 2 unspecified atom stereocenters. The quantitative estimate of drug-likeness (QED) is 0.0818. The minimum Gasteiger partial charge on any atom is -0.453 e. The lowest BCUT2D eigenvalue weighted by Gasteiger charge is -2.30. The summed E-state index contributed by atoms with van der Waals surface area (Å²) in [5.74, 6) is -0.668. The molecule has 9 rings (SSSR count). The number of hydrogen-bond acceptors (Lipinski definition) is 10. The fourth-order valence-corrected chi connectivity index (χ4v) is 10.4. The Kier molecular flexibility index (Phi) is 12.3. The third kappa shape index (κ3) is 8.63. The molecule has 1 spiro atoms. The van der Waals surface area contributed by atoms with Crippen LogP contribution in [0.1, 0.15) is 102 Å². The molecule has 4 heterocycles. The Morgan fingerprint density at radius 1 is 0.806 bits per heavy atom. The third-order valence-corrected chi connectivity index (χ3v) is 14.0. The number of likely N-dealkylation sites (tertiary alicyclic amines) is 1. The minimum absolute atomic E-state index is 0.160. The summed E-state index contributed by atoms with van der Waals surface area (Å²) in [5.41, 5.74) is 5.49. The smallest absolute Gasteiger partial charge is 0.407 e. The molecule has 2 aliphatic heterocycles. The van der Waals surface area contributed by atoms with Gasteiger partial charge in [-0.1, -0.05) is 70.9 Å². The van der Waals surface area contributed by atoms with Crippen LogP contribution in [0, 0.1) is 17.8 Å². The van der Waals surface area contributed by atoms with Crippen molar-refractivity contribution in [2.75, 3.05) is 34.0 Å². The van der Waals surface area contributed by atoms with Crippen LogP contribution in [-0.4, -0.2) is 101 Å². The molecule has 0 bridgehead atoms. The molecule has 0 radical (unpaired) electrons. The molecule has 3 aromatic carbocycles. The molecular weight excluding hydrogens is 860 g/mol. The zero-order chi connectivity index (χ0) is 47.4. The number of ether oxygens (including phenoxy) is 4. The maximum Gasteiger partial charge on any atom is 0.407 e. The molecule has 16 nitrogen and oxygen atoms in total. The van der Waals surface area contributed by atoms with Gasteiger partial charge in [0.15, 0.2) is 11.5 Å². The van der Waals surface area contributed by atoms with Gasteiger partial charge in [-0.25, -0.2) is 23.9 Å². The van der Waals surface area contributed by atoms with E-state index in [4.69, 9.17) is 28.9 Å². The van der Waals surface area contributed by atoms with Crippen LogP contribution in [0.2, 0.25) is 0 Å². The summed E-state index contributed by atoms with van der Waals surface area (Å²) in [5, 5.41) is 8.57. The summed E-state index contributed by atoms with van der Waals surface area (Å²) in [7, 11) is 2.53. The standard InChI is InChI=1S/C50H59FN8O8/c1-26(2)40(57-47(62)64-6)45(60)56-42(28-10-8-9-11-28)44-53-36-17-14-30(22-37(36)54-44)29-12-15-32-33-16-13-31(21-35(33)49(5,51)34(32)20-29)38-24-52-43(55-38)39-23-50(66-18-19-67-50)25-59(39)46(61)41(27(3)4)58-48(63)65-7/h12-17,20-22,24,26-28,39-42H,8-11,18-19,23,25H2,1-7H3,(H,52,55)(H,53,54)(H,56,60)(H,57,62)(H,58,63)/t39?,40-,41-,42-,49?/m0/s1. The first-order valence-electron chi connectivity index (χ1n) is 23.2. The van der Waals surface area contributed by atoms with Crippen molar-refractivity contribution < 1.29 is 42.5 Å². The minimum atomic E-state index is -1.83. The number of aromatic amines is 2. The van der Waals surface area contributed by atoms with Crippen LogP contribution >= 0.6 is 0 Å². The summed E-state index contributed by atoms with van der Waals surface area (Å²) in [4.78, 5) is 70.4. The highest BCUT2D eigenvalue weighted by atomic mass is 19.1. The van der Waals surface area contributed by atoms with Gasteiger partial charge in [0.1, 0.15) is 23.7 Å². The number of alkyl halides is 1.